The summed E-state index contributed by atoms with van der Waals surface area (Å²) in [5.74, 6) is -0.227. The van der Waals surface area contributed by atoms with Crippen molar-refractivity contribution in [3.8, 4) is 5.75 Å². The minimum atomic E-state index is -4.56. The molecule has 0 atom stereocenters. The molecule has 0 fully saturated rings. The van der Waals surface area contributed by atoms with Crippen molar-refractivity contribution in [3.05, 3.63) is 53.6 Å². The van der Waals surface area contributed by atoms with Crippen LogP contribution in [0.15, 0.2) is 47.4 Å². The van der Waals surface area contributed by atoms with Crippen LogP contribution in [0.1, 0.15) is 38.3 Å². The lowest BCUT2D eigenvalue weighted by Gasteiger charge is -2.23. The molecule has 0 saturated heterocycles. The number of halogens is 3. The summed E-state index contributed by atoms with van der Waals surface area (Å²) in [4.78, 5) is 6.75. The van der Waals surface area contributed by atoms with E-state index in [0.717, 1.165) is 24.1 Å². The number of alkyl halides is 3. The van der Waals surface area contributed by atoms with E-state index in [1.807, 2.05) is 25.7 Å². The van der Waals surface area contributed by atoms with Crippen LogP contribution in [0.5, 0.6) is 5.75 Å². The van der Waals surface area contributed by atoms with Crippen molar-refractivity contribution < 1.29 is 26.4 Å². The lowest BCUT2D eigenvalue weighted by atomic mass is 9.82. The second kappa shape index (κ2) is 7.40. The van der Waals surface area contributed by atoms with Gasteiger partial charge in [0, 0.05) is 0 Å². The van der Waals surface area contributed by atoms with E-state index >= 15 is 0 Å². The molecule has 0 aliphatic heterocycles. The molecular formula is C18H21F3N2O3S. The molecule has 0 saturated carbocycles. The molecule has 0 aromatic heterocycles. The molecule has 2 aromatic carbocycles. The molecule has 5 nitrogen and oxygen atoms in total. The van der Waals surface area contributed by atoms with E-state index in [2.05, 4.69) is 0 Å². The normalized spacial score (nSPS) is 12.8. The number of benzene rings is 2. The molecule has 0 aliphatic rings. The molecule has 148 valence electrons. The third-order valence-corrected chi connectivity index (χ3v) is 5.62. The van der Waals surface area contributed by atoms with E-state index in [-0.39, 0.29) is 21.7 Å². The van der Waals surface area contributed by atoms with Crippen LogP contribution in [0.3, 0.4) is 0 Å². The quantitative estimate of drug-likeness (QED) is 0.559. The third kappa shape index (κ3) is 4.92. The number of rotatable bonds is 6. The fraction of sp³-hybridized carbons (Fsp3) is 0.333. The first-order valence-electron chi connectivity index (χ1n) is 8.13. The molecule has 0 heterocycles. The molecule has 27 heavy (non-hydrogen) atoms. The molecule has 0 bridgehead atoms. The van der Waals surface area contributed by atoms with Gasteiger partial charge in [0.1, 0.15) is 0 Å². The van der Waals surface area contributed by atoms with E-state index in [0.29, 0.717) is 6.07 Å². The van der Waals surface area contributed by atoms with Gasteiger partial charge in [-0.2, -0.15) is 13.2 Å². The highest BCUT2D eigenvalue weighted by Gasteiger charge is 2.31. The Kier molecular flexibility index (Phi) is 5.77. The smallest absolute Gasteiger partial charge is 0.396 e. The van der Waals surface area contributed by atoms with Crippen molar-refractivity contribution in [2.75, 3.05) is 5.73 Å². The van der Waals surface area contributed by atoms with E-state index in [1.165, 1.54) is 12.1 Å². The van der Waals surface area contributed by atoms with Gasteiger partial charge >= 0.3 is 6.18 Å². The predicted octanol–water partition coefficient (Wildman–Crippen LogP) is 4.25. The van der Waals surface area contributed by atoms with E-state index in [1.54, 1.807) is 12.1 Å². The highest BCUT2D eigenvalue weighted by Crippen LogP contribution is 2.33. The molecule has 3 N–H and O–H groups in total. The lowest BCUT2D eigenvalue weighted by Crippen LogP contribution is -2.28. The Labute approximate surface area is 156 Å². The number of hydrogen-bond acceptors (Lipinski definition) is 4. The van der Waals surface area contributed by atoms with Crippen LogP contribution >= 0.6 is 0 Å². The van der Waals surface area contributed by atoms with E-state index in [4.69, 9.17) is 10.6 Å². The van der Waals surface area contributed by atoms with Crippen LogP contribution in [0, 0.1) is 0 Å². The van der Waals surface area contributed by atoms with Gasteiger partial charge in [0.15, 0.2) is 5.75 Å². The molecule has 2 aromatic rings. The first-order valence-corrected chi connectivity index (χ1v) is 9.61. The summed E-state index contributed by atoms with van der Waals surface area (Å²) >= 11 is 0. The Bertz CT molecular complexity index is 908. The number of nitrogen functional groups attached to an aromatic ring is 1. The summed E-state index contributed by atoms with van der Waals surface area (Å²) in [5.41, 5.74) is 5.10. The van der Waals surface area contributed by atoms with Crippen molar-refractivity contribution in [2.45, 2.75) is 43.7 Å². The maximum absolute atomic E-state index is 12.6. The second-order valence-electron chi connectivity index (χ2n) is 6.70. The first-order chi connectivity index (χ1) is 12.4. The molecule has 0 radical (unpaired) electrons. The highest BCUT2D eigenvalue weighted by atomic mass is 32.2. The van der Waals surface area contributed by atoms with Crippen molar-refractivity contribution >= 4 is 15.7 Å². The number of sulfonamides is 1. The second-order valence-corrected chi connectivity index (χ2v) is 8.35. The van der Waals surface area contributed by atoms with Crippen molar-refractivity contribution in [2.24, 2.45) is 0 Å². The number of nitrogens with two attached hydrogens (primary N) is 1. The van der Waals surface area contributed by atoms with Crippen LogP contribution in [0.4, 0.5) is 18.9 Å². The van der Waals surface area contributed by atoms with Crippen LogP contribution in [-0.4, -0.2) is 8.42 Å². The zero-order valence-electron chi connectivity index (χ0n) is 15.1. The van der Waals surface area contributed by atoms with Gasteiger partial charge < -0.3 is 10.6 Å². The summed E-state index contributed by atoms with van der Waals surface area (Å²) in [7, 11) is -4.03. The van der Waals surface area contributed by atoms with Crippen molar-refractivity contribution in [1.82, 2.24) is 4.89 Å². The van der Waals surface area contributed by atoms with E-state index < -0.39 is 21.8 Å². The summed E-state index contributed by atoms with van der Waals surface area (Å²) in [6.45, 7) is 6.13. The predicted molar refractivity (Wildman–Crippen MR) is 96.6 cm³/mol. The average Bonchev–Trinajstić information content (AvgIpc) is 2.60. The minimum absolute atomic E-state index is 0.0383. The van der Waals surface area contributed by atoms with Crippen molar-refractivity contribution in [1.29, 1.82) is 0 Å². The van der Waals surface area contributed by atoms with Gasteiger partial charge in [-0.1, -0.05) is 32.9 Å². The Hall–Kier alpha value is -2.26. The number of hydrogen-bond donors (Lipinski definition) is 2. The maximum atomic E-state index is 12.6. The van der Waals surface area contributed by atoms with Crippen LogP contribution in [-0.2, 0) is 21.6 Å². The number of nitrogens with one attached hydrogen (secondary N) is 1. The molecular weight excluding hydrogens is 381 g/mol. The summed E-state index contributed by atoms with van der Waals surface area (Å²) in [6, 6.07) is 8.68. The fourth-order valence-electron chi connectivity index (χ4n) is 2.25. The van der Waals surface area contributed by atoms with Gasteiger partial charge in [0.25, 0.3) is 10.0 Å². The Morgan fingerprint density at radius 2 is 1.59 bits per heavy atom. The summed E-state index contributed by atoms with van der Waals surface area (Å²) in [6.07, 6.45) is -3.67. The Balaban J connectivity index is 2.15. The number of anilines is 1. The molecule has 2 rings (SSSR count). The summed E-state index contributed by atoms with van der Waals surface area (Å²) in [5, 5.41) is 0. The molecule has 0 unspecified atom stereocenters. The van der Waals surface area contributed by atoms with Crippen LogP contribution in [0.25, 0.3) is 0 Å². The molecule has 0 amide bonds. The molecule has 0 spiro atoms. The van der Waals surface area contributed by atoms with Gasteiger partial charge in [0.2, 0.25) is 0 Å². The van der Waals surface area contributed by atoms with Crippen molar-refractivity contribution in [3.63, 3.8) is 0 Å². The van der Waals surface area contributed by atoms with Gasteiger partial charge in [-0.25, -0.2) is 8.42 Å². The topological polar surface area (TPSA) is 81.4 Å². The Morgan fingerprint density at radius 1 is 1.04 bits per heavy atom. The minimum Gasteiger partial charge on any atom is -0.396 e. The monoisotopic (exact) mass is 402 g/mol. The molecule has 0 aliphatic carbocycles. The largest absolute Gasteiger partial charge is 0.416 e. The maximum Gasteiger partial charge on any atom is 0.416 e. The fourth-order valence-corrected chi connectivity index (χ4v) is 3.05. The SMILES string of the molecule is CCC(C)(C)c1ccc(S(=O)(=O)NOc2ccc(C(F)(F)F)cc2N)cc1. The zero-order valence-corrected chi connectivity index (χ0v) is 15.9. The van der Waals surface area contributed by atoms with Gasteiger partial charge in [-0.05, 0) is 52.6 Å². The third-order valence-electron chi connectivity index (χ3n) is 4.43. The van der Waals surface area contributed by atoms with E-state index in [9.17, 15) is 21.6 Å². The summed E-state index contributed by atoms with van der Waals surface area (Å²) < 4.78 is 62.5. The van der Waals surface area contributed by atoms with Gasteiger partial charge in [-0.15, -0.1) is 0 Å². The zero-order chi connectivity index (χ0) is 20.5. The average molecular weight is 402 g/mol. The Morgan fingerprint density at radius 3 is 2.07 bits per heavy atom. The highest BCUT2D eigenvalue weighted by molar-refractivity contribution is 7.89. The first kappa shape index (κ1) is 21.0. The van der Waals surface area contributed by atoms with Crippen LogP contribution in [0.2, 0.25) is 0 Å². The standard InChI is InChI=1S/C18H21F3N2O3S/c1-4-17(2,3)12-5-8-14(9-6-12)27(24,25)23-26-16-10-7-13(11-15(16)22)18(19,20)21/h5-11,23H,4,22H2,1-3H3. The van der Waals surface area contributed by atoms with Gasteiger partial charge in [-0.3, -0.25) is 0 Å². The lowest BCUT2D eigenvalue weighted by molar-refractivity contribution is -0.137. The van der Waals surface area contributed by atoms with Gasteiger partial charge in [0.05, 0.1) is 16.1 Å². The van der Waals surface area contributed by atoms with Crippen LogP contribution < -0.4 is 15.5 Å². The molecule has 9 heteroatoms.